The highest BCUT2D eigenvalue weighted by Crippen LogP contribution is 2.29. The van der Waals surface area contributed by atoms with Crippen LogP contribution in [0.5, 0.6) is 0 Å². The van der Waals surface area contributed by atoms with Gasteiger partial charge < -0.3 is 9.15 Å². The molecule has 0 spiro atoms. The van der Waals surface area contributed by atoms with Crippen molar-refractivity contribution in [2.24, 2.45) is 0 Å². The van der Waals surface area contributed by atoms with Crippen LogP contribution in [-0.2, 0) is 4.74 Å². The molecule has 0 saturated heterocycles. The molecule has 0 aliphatic carbocycles. The Morgan fingerprint density at radius 3 is 3.00 bits per heavy atom. The number of benzene rings is 1. The predicted octanol–water partition coefficient (Wildman–Crippen LogP) is 3.66. The van der Waals surface area contributed by atoms with E-state index in [0.717, 1.165) is 36.0 Å². The van der Waals surface area contributed by atoms with Crippen molar-refractivity contribution in [3.63, 3.8) is 0 Å². The molecule has 0 amide bonds. The summed E-state index contributed by atoms with van der Waals surface area (Å²) in [6.45, 7) is 5.68. The Bertz CT molecular complexity index is 436. The van der Waals surface area contributed by atoms with Gasteiger partial charge in [-0.15, -0.1) is 11.8 Å². The van der Waals surface area contributed by atoms with E-state index >= 15 is 0 Å². The molecule has 0 radical (unpaired) electrons. The lowest BCUT2D eigenvalue weighted by Gasteiger charge is -2.06. The summed E-state index contributed by atoms with van der Waals surface area (Å²) >= 11 is 1.80. The van der Waals surface area contributed by atoms with Crippen molar-refractivity contribution in [1.29, 1.82) is 0 Å². The number of aromatic nitrogens is 1. The first-order chi connectivity index (χ1) is 8.31. The summed E-state index contributed by atoms with van der Waals surface area (Å²) in [5, 5.41) is 0.267. The standard InChI is InChI=1S/C13H17NO2S/c1-3-15-8-9-17-10(2)13-14-11-6-4-5-7-12(11)16-13/h4-7,10H,3,8-9H2,1-2H3/t10-/m0/s1. The highest BCUT2D eigenvalue weighted by Gasteiger charge is 2.13. The summed E-state index contributed by atoms with van der Waals surface area (Å²) in [4.78, 5) is 4.48. The summed E-state index contributed by atoms with van der Waals surface area (Å²) in [6, 6.07) is 7.86. The number of hydrogen-bond acceptors (Lipinski definition) is 4. The Morgan fingerprint density at radius 2 is 2.24 bits per heavy atom. The van der Waals surface area contributed by atoms with Crippen LogP contribution >= 0.6 is 11.8 Å². The molecule has 4 heteroatoms. The fourth-order valence-corrected chi connectivity index (χ4v) is 2.37. The van der Waals surface area contributed by atoms with Crippen molar-refractivity contribution in [1.82, 2.24) is 4.98 Å². The molecule has 1 aromatic carbocycles. The highest BCUT2D eigenvalue weighted by molar-refractivity contribution is 7.99. The van der Waals surface area contributed by atoms with Crippen molar-refractivity contribution in [3.05, 3.63) is 30.2 Å². The van der Waals surface area contributed by atoms with Crippen LogP contribution in [0.1, 0.15) is 25.0 Å². The second-order valence-electron chi connectivity index (χ2n) is 3.73. The van der Waals surface area contributed by atoms with Crippen LogP contribution in [0.3, 0.4) is 0 Å². The molecule has 1 heterocycles. The molecule has 0 unspecified atom stereocenters. The van der Waals surface area contributed by atoms with Crippen molar-refractivity contribution >= 4 is 22.9 Å². The van der Waals surface area contributed by atoms with E-state index in [4.69, 9.17) is 9.15 Å². The van der Waals surface area contributed by atoms with E-state index in [1.165, 1.54) is 0 Å². The maximum Gasteiger partial charge on any atom is 0.208 e. The second-order valence-corrected chi connectivity index (χ2v) is 5.18. The zero-order valence-corrected chi connectivity index (χ0v) is 11.0. The first kappa shape index (κ1) is 12.5. The van der Waals surface area contributed by atoms with Gasteiger partial charge in [0.2, 0.25) is 5.89 Å². The third-order valence-corrected chi connectivity index (χ3v) is 3.56. The Hall–Kier alpha value is -1.00. The lowest BCUT2D eigenvalue weighted by atomic mass is 10.3. The number of fused-ring (bicyclic) bond motifs is 1. The smallest absolute Gasteiger partial charge is 0.208 e. The molecule has 2 rings (SSSR count). The number of ether oxygens (including phenoxy) is 1. The fourth-order valence-electron chi connectivity index (χ4n) is 1.56. The van der Waals surface area contributed by atoms with E-state index in [1.807, 2.05) is 31.2 Å². The molecule has 0 saturated carbocycles. The van der Waals surface area contributed by atoms with Crippen LogP contribution in [0.2, 0.25) is 0 Å². The molecule has 1 aromatic heterocycles. The zero-order chi connectivity index (χ0) is 12.1. The summed E-state index contributed by atoms with van der Waals surface area (Å²) < 4.78 is 11.0. The lowest BCUT2D eigenvalue weighted by molar-refractivity contribution is 0.164. The zero-order valence-electron chi connectivity index (χ0n) is 10.2. The summed E-state index contributed by atoms with van der Waals surface area (Å²) in [5.74, 6) is 1.76. The minimum atomic E-state index is 0.267. The number of para-hydroxylation sites is 2. The molecular formula is C13H17NO2S. The van der Waals surface area contributed by atoms with Gasteiger partial charge in [0.15, 0.2) is 5.58 Å². The van der Waals surface area contributed by atoms with Crippen LogP contribution in [0.25, 0.3) is 11.1 Å². The lowest BCUT2D eigenvalue weighted by Crippen LogP contribution is -1.98. The SMILES string of the molecule is CCOCCS[C@@H](C)c1nc2ccccc2o1. The molecule has 0 bridgehead atoms. The molecule has 0 aliphatic rings. The molecular weight excluding hydrogens is 234 g/mol. The van der Waals surface area contributed by atoms with Crippen LogP contribution in [-0.4, -0.2) is 24.0 Å². The monoisotopic (exact) mass is 251 g/mol. The molecule has 1 atom stereocenters. The van der Waals surface area contributed by atoms with Gasteiger partial charge in [0.25, 0.3) is 0 Å². The molecule has 2 aromatic rings. The van der Waals surface area contributed by atoms with E-state index in [1.54, 1.807) is 11.8 Å². The van der Waals surface area contributed by atoms with Gasteiger partial charge in [-0.25, -0.2) is 4.98 Å². The van der Waals surface area contributed by atoms with Crippen molar-refractivity contribution in [2.45, 2.75) is 19.1 Å². The van der Waals surface area contributed by atoms with Crippen LogP contribution in [0, 0.1) is 0 Å². The van der Waals surface area contributed by atoms with Crippen LogP contribution < -0.4 is 0 Å². The summed E-state index contributed by atoms with van der Waals surface area (Å²) in [7, 11) is 0. The van der Waals surface area contributed by atoms with Gasteiger partial charge in [-0.3, -0.25) is 0 Å². The van der Waals surface area contributed by atoms with E-state index in [0.29, 0.717) is 0 Å². The minimum Gasteiger partial charge on any atom is -0.439 e. The van der Waals surface area contributed by atoms with E-state index in [-0.39, 0.29) is 5.25 Å². The molecule has 17 heavy (non-hydrogen) atoms. The van der Waals surface area contributed by atoms with Crippen molar-refractivity contribution in [2.75, 3.05) is 19.0 Å². The third-order valence-electron chi connectivity index (χ3n) is 2.46. The molecule has 0 fully saturated rings. The van der Waals surface area contributed by atoms with Crippen molar-refractivity contribution < 1.29 is 9.15 Å². The number of nitrogens with zero attached hydrogens (tertiary/aromatic N) is 1. The van der Waals surface area contributed by atoms with E-state index in [2.05, 4.69) is 11.9 Å². The van der Waals surface area contributed by atoms with Crippen molar-refractivity contribution in [3.8, 4) is 0 Å². The normalized spacial score (nSPS) is 13.1. The first-order valence-electron chi connectivity index (χ1n) is 5.86. The maximum absolute atomic E-state index is 5.71. The average Bonchev–Trinajstić information content (AvgIpc) is 2.78. The van der Waals surface area contributed by atoms with E-state index in [9.17, 15) is 0 Å². The Labute approximate surface area is 106 Å². The van der Waals surface area contributed by atoms with Gasteiger partial charge in [0.1, 0.15) is 5.52 Å². The Morgan fingerprint density at radius 1 is 1.41 bits per heavy atom. The van der Waals surface area contributed by atoms with Crippen LogP contribution in [0.15, 0.2) is 28.7 Å². The number of hydrogen-bond donors (Lipinski definition) is 0. The Kier molecular flexibility index (Phi) is 4.45. The van der Waals surface area contributed by atoms with Gasteiger partial charge in [-0.1, -0.05) is 12.1 Å². The van der Waals surface area contributed by atoms with Crippen LogP contribution in [0.4, 0.5) is 0 Å². The predicted molar refractivity (Wildman–Crippen MR) is 71.4 cm³/mol. The second kappa shape index (κ2) is 6.07. The molecule has 0 N–H and O–H groups in total. The number of thioether (sulfide) groups is 1. The minimum absolute atomic E-state index is 0.267. The number of rotatable bonds is 6. The largest absolute Gasteiger partial charge is 0.439 e. The summed E-state index contributed by atoms with van der Waals surface area (Å²) in [6.07, 6.45) is 0. The fraction of sp³-hybridized carbons (Fsp3) is 0.462. The number of oxazole rings is 1. The van der Waals surface area contributed by atoms with Gasteiger partial charge in [-0.2, -0.15) is 0 Å². The van der Waals surface area contributed by atoms with E-state index < -0.39 is 0 Å². The first-order valence-corrected chi connectivity index (χ1v) is 6.91. The maximum atomic E-state index is 5.71. The molecule has 3 nitrogen and oxygen atoms in total. The summed E-state index contributed by atoms with van der Waals surface area (Å²) in [5.41, 5.74) is 1.79. The quantitative estimate of drug-likeness (QED) is 0.734. The Balaban J connectivity index is 1.96. The third kappa shape index (κ3) is 3.23. The van der Waals surface area contributed by atoms with Gasteiger partial charge in [-0.05, 0) is 26.0 Å². The highest BCUT2D eigenvalue weighted by atomic mass is 32.2. The average molecular weight is 251 g/mol. The van der Waals surface area contributed by atoms with Gasteiger partial charge in [0, 0.05) is 12.4 Å². The topological polar surface area (TPSA) is 35.3 Å². The van der Waals surface area contributed by atoms with Gasteiger partial charge in [0.05, 0.1) is 11.9 Å². The molecule has 92 valence electrons. The molecule has 0 aliphatic heterocycles. The van der Waals surface area contributed by atoms with Gasteiger partial charge >= 0.3 is 0 Å².